The number of aliphatic hydroxyl groups excluding tert-OH is 1. The van der Waals surface area contributed by atoms with Crippen molar-refractivity contribution in [3.63, 3.8) is 0 Å². The fourth-order valence-electron chi connectivity index (χ4n) is 11.3. The second-order valence-electron chi connectivity index (χ2n) is 30.9. The predicted octanol–water partition coefficient (Wildman–Crippen LogP) is 4.70. The summed E-state index contributed by atoms with van der Waals surface area (Å²) in [6, 6.07) is 10.9. The highest BCUT2D eigenvalue weighted by Crippen LogP contribution is 2.28. The zero-order valence-electron chi connectivity index (χ0n) is 63.0. The Bertz CT molecular complexity index is 3200. The molecule has 1 aromatic heterocycles. The molecule has 0 radical (unpaired) electrons. The molecule has 0 unspecified atom stereocenters. The Morgan fingerprint density at radius 3 is 1.57 bits per heavy atom. The van der Waals surface area contributed by atoms with E-state index in [1.807, 2.05) is 49.9 Å². The van der Waals surface area contributed by atoms with Crippen molar-refractivity contribution >= 4 is 65.1 Å². The second-order valence-corrected chi connectivity index (χ2v) is 30.9. The molecule has 0 aliphatic carbocycles. The van der Waals surface area contributed by atoms with Crippen molar-refractivity contribution in [2.24, 2.45) is 0 Å². The summed E-state index contributed by atoms with van der Waals surface area (Å²) in [6.07, 6.45) is 0.442. The number of hydrogen-bond acceptors (Lipinski definition) is 24. The van der Waals surface area contributed by atoms with Crippen molar-refractivity contribution in [1.29, 1.82) is 0 Å². The SMILES string of the molecule is COC(=O)C[C@@H]1Nc2ccc(C(=O)N(Cc3ccccc3)Cc3ncc[nH]3)cc2CN(CCCNC(=O)[C@H](CCC(=O)OC(C)(C)C)N[C@H](O)[C@H](CCC(=O)OC(C)(C)C)NC(=O)CN2CCN(CC(=O)OC(C)(C)C)CCN(CC(=O)OC(C)(C)C)CCN(CC(=O)OC(C)(C)C)CC2)C1=O. The lowest BCUT2D eigenvalue weighted by molar-refractivity contribution is -0.158. The Labute approximate surface area is 601 Å². The van der Waals surface area contributed by atoms with Crippen LogP contribution in [0, 0.1) is 0 Å². The van der Waals surface area contributed by atoms with Crippen molar-refractivity contribution in [1.82, 2.24) is 55.3 Å². The molecule has 2 aliphatic heterocycles. The number of esters is 6. The van der Waals surface area contributed by atoms with Crippen LogP contribution in [0.15, 0.2) is 60.9 Å². The van der Waals surface area contributed by atoms with E-state index >= 15 is 0 Å². The quantitative estimate of drug-likeness (QED) is 0.0228. The van der Waals surface area contributed by atoms with Crippen molar-refractivity contribution < 1.29 is 81.5 Å². The number of carbonyl (C=O) groups is 10. The van der Waals surface area contributed by atoms with Crippen LogP contribution >= 0.6 is 0 Å². The summed E-state index contributed by atoms with van der Waals surface area (Å²) in [5.41, 5.74) is -1.72. The van der Waals surface area contributed by atoms with Gasteiger partial charge < -0.3 is 64.3 Å². The smallest absolute Gasteiger partial charge is 0.320 e. The first kappa shape index (κ1) is 84.6. The zero-order valence-corrected chi connectivity index (χ0v) is 63.0. The number of anilines is 1. The van der Waals surface area contributed by atoms with Gasteiger partial charge in [0.25, 0.3) is 5.91 Å². The average Bonchev–Trinajstić information content (AvgIpc) is 1.60. The zero-order chi connectivity index (χ0) is 75.8. The number of H-pyrrole nitrogens is 1. The molecule has 1 saturated heterocycles. The molecule has 3 aromatic rings. The monoisotopic (exact) mass is 1430 g/mol. The minimum absolute atomic E-state index is 0.0157. The minimum atomic E-state index is -1.74. The van der Waals surface area contributed by atoms with Crippen molar-refractivity contribution in [2.45, 2.75) is 214 Å². The molecule has 3 heterocycles. The van der Waals surface area contributed by atoms with Crippen molar-refractivity contribution in [3.8, 4) is 0 Å². The Kier molecular flexibility index (Phi) is 32.3. The number of hydrogen-bond donors (Lipinski definition) is 6. The number of methoxy groups -OCH3 is 1. The number of rotatable bonds is 30. The molecule has 0 saturated carbocycles. The first-order chi connectivity index (χ1) is 47.6. The van der Waals surface area contributed by atoms with Crippen LogP contribution in [-0.4, -0.2) is 255 Å². The molecule has 568 valence electrons. The third kappa shape index (κ3) is 32.9. The fraction of sp³-hybridized carbons (Fsp3) is 0.658. The van der Waals surface area contributed by atoms with Crippen LogP contribution in [0.4, 0.5) is 5.69 Å². The third-order valence-corrected chi connectivity index (χ3v) is 15.7. The lowest BCUT2D eigenvalue weighted by atomic mass is 10.1. The van der Waals surface area contributed by atoms with Crippen molar-refractivity contribution in [3.05, 3.63) is 83.4 Å². The molecule has 1 fully saturated rings. The predicted molar refractivity (Wildman–Crippen MR) is 380 cm³/mol. The van der Waals surface area contributed by atoms with E-state index in [-0.39, 0.29) is 130 Å². The number of benzene rings is 2. The molecule has 29 heteroatoms. The fourth-order valence-corrected chi connectivity index (χ4v) is 11.3. The van der Waals surface area contributed by atoms with Gasteiger partial charge in [-0.15, -0.1) is 0 Å². The maximum Gasteiger partial charge on any atom is 0.320 e. The Hall–Kier alpha value is -8.09. The summed E-state index contributed by atoms with van der Waals surface area (Å²) in [7, 11) is 1.22. The summed E-state index contributed by atoms with van der Waals surface area (Å²) < 4.78 is 33.3. The Balaban J connectivity index is 1.40. The normalized spacial score (nSPS) is 16.8. The van der Waals surface area contributed by atoms with Gasteiger partial charge in [0.05, 0.1) is 58.3 Å². The molecule has 102 heavy (non-hydrogen) atoms. The number of aromatic nitrogens is 2. The van der Waals surface area contributed by atoms with E-state index in [1.165, 1.54) is 12.0 Å². The molecule has 2 aromatic carbocycles. The number of nitrogens with zero attached hydrogens (tertiary/aromatic N) is 7. The molecule has 4 atom stereocenters. The molecular weight excluding hydrogens is 1320 g/mol. The van der Waals surface area contributed by atoms with E-state index in [1.54, 1.807) is 139 Å². The van der Waals surface area contributed by atoms with E-state index < -0.39 is 106 Å². The lowest BCUT2D eigenvalue weighted by Gasteiger charge is -2.34. The highest BCUT2D eigenvalue weighted by molar-refractivity contribution is 5.96. The van der Waals surface area contributed by atoms with Gasteiger partial charge in [0.1, 0.15) is 46.1 Å². The first-order valence-electron chi connectivity index (χ1n) is 35.1. The standard InChI is InChI=1S/C73H114N12O17/c1-69(2,3)98-59(87)27-25-54(65(93)76-29-20-32-84-44-52-41-51(23-24-53(52)77-56(68(84)96)42-61(89)97-16)67(95)85(45-57-74-30-31-75-57)43-50-21-18-17-19-22-50)79-66(94)55(26-28-60(88)99-70(4,5)6)78-58(86)46-80-33-35-81(47-62(90)100-71(7,8)9)37-39-83(49-64(92)102-73(13,14)15)40-38-82(36-34-80)48-63(91)101-72(10,11)12/h17-19,21-24,30-31,41,54-56,66,77,79,94H,20,25-29,32-40,42-49H2,1-16H3,(H,74,75)(H,76,93)(H,78,86)/t54-,55-,56-,66+/m0/s1. The van der Waals surface area contributed by atoms with E-state index in [0.717, 1.165) is 5.56 Å². The molecule has 0 spiro atoms. The molecule has 4 amide bonds. The summed E-state index contributed by atoms with van der Waals surface area (Å²) >= 11 is 0. The van der Waals surface area contributed by atoms with Crippen LogP contribution in [0.3, 0.4) is 0 Å². The highest BCUT2D eigenvalue weighted by atomic mass is 16.6. The van der Waals surface area contributed by atoms with Crippen LogP contribution in [0.5, 0.6) is 0 Å². The molecule has 0 bridgehead atoms. The molecule has 5 rings (SSSR count). The van der Waals surface area contributed by atoms with Gasteiger partial charge in [0.15, 0.2) is 0 Å². The van der Waals surface area contributed by atoms with Gasteiger partial charge in [0.2, 0.25) is 17.7 Å². The van der Waals surface area contributed by atoms with E-state index in [4.69, 9.17) is 28.4 Å². The summed E-state index contributed by atoms with van der Waals surface area (Å²) in [4.78, 5) is 156. The second kappa shape index (κ2) is 39.0. The van der Waals surface area contributed by atoms with Gasteiger partial charge in [0, 0.05) is 115 Å². The average molecular weight is 1430 g/mol. The molecular formula is C73H114N12O17. The number of amides is 4. The van der Waals surface area contributed by atoms with Gasteiger partial charge in [-0.3, -0.25) is 72.9 Å². The molecule has 29 nitrogen and oxygen atoms in total. The maximum atomic E-state index is 14.7. The first-order valence-corrected chi connectivity index (χ1v) is 35.1. The molecule has 6 N–H and O–H groups in total. The number of ether oxygens (including phenoxy) is 6. The number of aliphatic hydroxyl groups is 1. The van der Waals surface area contributed by atoms with Gasteiger partial charge in [-0.2, -0.15) is 0 Å². The number of imidazole rings is 1. The van der Waals surface area contributed by atoms with E-state index in [9.17, 15) is 53.1 Å². The van der Waals surface area contributed by atoms with Gasteiger partial charge in [-0.1, -0.05) is 30.3 Å². The van der Waals surface area contributed by atoms with Crippen LogP contribution in [0.2, 0.25) is 0 Å². The summed E-state index contributed by atoms with van der Waals surface area (Å²) in [5, 5.41) is 24.2. The third-order valence-electron chi connectivity index (χ3n) is 15.7. The van der Waals surface area contributed by atoms with Crippen molar-refractivity contribution in [2.75, 3.05) is 104 Å². The maximum absolute atomic E-state index is 14.7. The number of carbonyl (C=O) groups excluding carboxylic acids is 10. The highest BCUT2D eigenvalue weighted by Gasteiger charge is 2.35. The van der Waals surface area contributed by atoms with Gasteiger partial charge >= 0.3 is 35.8 Å². The summed E-state index contributed by atoms with van der Waals surface area (Å²) in [5.74, 6) is -4.72. The minimum Gasteiger partial charge on any atom is -0.469 e. The van der Waals surface area contributed by atoms with Gasteiger partial charge in [-0.25, -0.2) is 4.98 Å². The van der Waals surface area contributed by atoms with Gasteiger partial charge in [-0.05, 0) is 152 Å². The van der Waals surface area contributed by atoms with Crippen LogP contribution in [0.25, 0.3) is 0 Å². The topological polar surface area (TPSA) is 343 Å². The number of aromatic amines is 1. The lowest BCUT2D eigenvalue weighted by Crippen LogP contribution is -2.58. The van der Waals surface area contributed by atoms with Crippen LogP contribution in [-0.2, 0) is 91.2 Å². The Morgan fingerprint density at radius 1 is 0.618 bits per heavy atom. The number of fused-ring (bicyclic) bond motifs is 1. The largest absolute Gasteiger partial charge is 0.469 e. The van der Waals surface area contributed by atoms with Crippen LogP contribution in [0.1, 0.15) is 170 Å². The summed E-state index contributed by atoms with van der Waals surface area (Å²) in [6.45, 7) is 28.1. The van der Waals surface area contributed by atoms with E-state index in [2.05, 4.69) is 31.2 Å². The van der Waals surface area contributed by atoms with E-state index in [0.29, 0.717) is 48.8 Å². The Morgan fingerprint density at radius 2 is 1.10 bits per heavy atom. The number of nitrogens with one attached hydrogen (secondary N) is 5. The molecule has 2 aliphatic rings. The van der Waals surface area contributed by atoms with Crippen LogP contribution < -0.4 is 21.3 Å².